The van der Waals surface area contributed by atoms with Crippen molar-refractivity contribution in [2.75, 3.05) is 32.8 Å². The maximum atomic E-state index is 13.5. The van der Waals surface area contributed by atoms with Crippen molar-refractivity contribution in [3.63, 3.8) is 0 Å². The Morgan fingerprint density at radius 2 is 1.94 bits per heavy atom. The molecule has 1 saturated heterocycles. The molecule has 2 aromatic carbocycles. The first-order chi connectivity index (χ1) is 14.8. The predicted molar refractivity (Wildman–Crippen MR) is 117 cm³/mol. The molecule has 2 aliphatic heterocycles. The molecule has 6 nitrogen and oxygen atoms in total. The van der Waals surface area contributed by atoms with E-state index in [-0.39, 0.29) is 16.9 Å². The van der Waals surface area contributed by atoms with Gasteiger partial charge in [-0.2, -0.15) is 0 Å². The summed E-state index contributed by atoms with van der Waals surface area (Å²) >= 11 is 6.04. The van der Waals surface area contributed by atoms with Crippen molar-refractivity contribution in [3.05, 3.63) is 52.8 Å². The topological polar surface area (TPSA) is 67.9 Å². The number of halogens is 2. The Bertz CT molecular complexity index is 1040. The van der Waals surface area contributed by atoms with Gasteiger partial charge in [0.1, 0.15) is 18.5 Å². The van der Waals surface area contributed by atoms with Crippen LogP contribution in [0.15, 0.2) is 41.3 Å². The number of hydrogen-bond donors (Lipinski definition) is 1. The quantitative estimate of drug-likeness (QED) is 0.701. The number of aryl methyl sites for hydroxylation is 1. The molecule has 0 spiro atoms. The number of nitrogens with zero attached hydrogens (tertiary/aromatic N) is 1. The minimum atomic E-state index is -3.73. The van der Waals surface area contributed by atoms with Gasteiger partial charge in [0.05, 0.1) is 4.90 Å². The van der Waals surface area contributed by atoms with Crippen molar-refractivity contribution in [2.24, 2.45) is 5.92 Å². The van der Waals surface area contributed by atoms with Gasteiger partial charge in [-0.1, -0.05) is 17.7 Å². The van der Waals surface area contributed by atoms with Gasteiger partial charge in [0, 0.05) is 24.2 Å². The molecule has 2 heterocycles. The largest absolute Gasteiger partial charge is 0.486 e. The molecule has 1 atom stereocenters. The number of rotatable bonds is 6. The number of likely N-dealkylation sites (tertiary alicyclic amines) is 1. The number of piperidine rings is 1. The maximum absolute atomic E-state index is 13.5. The van der Waals surface area contributed by atoms with Gasteiger partial charge < -0.3 is 9.47 Å². The molecular weight excluding hydrogens is 443 g/mol. The summed E-state index contributed by atoms with van der Waals surface area (Å²) in [5, 5.41) is 0.611. The zero-order valence-corrected chi connectivity index (χ0v) is 18.9. The average Bonchev–Trinajstić information content (AvgIpc) is 2.74. The van der Waals surface area contributed by atoms with Crippen LogP contribution in [0.1, 0.15) is 18.4 Å². The van der Waals surface area contributed by atoms with E-state index in [0.717, 1.165) is 38.5 Å². The first-order valence-corrected chi connectivity index (χ1v) is 12.2. The van der Waals surface area contributed by atoms with E-state index < -0.39 is 15.8 Å². The fourth-order valence-electron chi connectivity index (χ4n) is 4.01. The molecule has 168 valence electrons. The summed E-state index contributed by atoms with van der Waals surface area (Å²) in [5.41, 5.74) is 0.529. The second-order valence-electron chi connectivity index (χ2n) is 8.15. The van der Waals surface area contributed by atoms with Crippen LogP contribution in [0.2, 0.25) is 5.02 Å². The molecule has 2 aliphatic rings. The minimum Gasteiger partial charge on any atom is -0.486 e. The SMILES string of the molecule is Cc1ccc(F)cc1S(=O)(=O)NCC1CCN(C[C@H]2COc3ccc(Cl)cc3O2)CC1. The highest BCUT2D eigenvalue weighted by molar-refractivity contribution is 7.89. The Kier molecular flexibility index (Phi) is 6.71. The van der Waals surface area contributed by atoms with Crippen molar-refractivity contribution in [1.29, 1.82) is 0 Å². The number of hydrogen-bond acceptors (Lipinski definition) is 5. The lowest BCUT2D eigenvalue weighted by Gasteiger charge is -2.35. The van der Waals surface area contributed by atoms with Crippen LogP contribution >= 0.6 is 11.6 Å². The number of benzene rings is 2. The van der Waals surface area contributed by atoms with Crippen molar-refractivity contribution in [3.8, 4) is 11.5 Å². The lowest BCUT2D eigenvalue weighted by Crippen LogP contribution is -2.45. The molecule has 31 heavy (non-hydrogen) atoms. The van der Waals surface area contributed by atoms with Crippen LogP contribution in [0.3, 0.4) is 0 Å². The highest BCUT2D eigenvalue weighted by atomic mass is 35.5. The highest BCUT2D eigenvalue weighted by Gasteiger charge is 2.27. The zero-order valence-electron chi connectivity index (χ0n) is 17.3. The molecule has 4 rings (SSSR count). The first kappa shape index (κ1) is 22.3. The van der Waals surface area contributed by atoms with E-state index in [1.54, 1.807) is 19.1 Å². The van der Waals surface area contributed by atoms with E-state index in [4.69, 9.17) is 21.1 Å². The summed E-state index contributed by atoms with van der Waals surface area (Å²) in [6, 6.07) is 9.16. The summed E-state index contributed by atoms with van der Waals surface area (Å²) in [5.74, 6) is 1.06. The van der Waals surface area contributed by atoms with Crippen LogP contribution in [0.4, 0.5) is 4.39 Å². The highest BCUT2D eigenvalue weighted by Crippen LogP contribution is 2.34. The Morgan fingerprint density at radius 1 is 1.16 bits per heavy atom. The lowest BCUT2D eigenvalue weighted by atomic mass is 9.97. The third-order valence-electron chi connectivity index (χ3n) is 5.79. The molecule has 0 radical (unpaired) electrons. The van der Waals surface area contributed by atoms with Crippen LogP contribution in [0, 0.1) is 18.7 Å². The number of sulfonamides is 1. The summed E-state index contributed by atoms with van der Waals surface area (Å²) in [6.07, 6.45) is 1.68. The van der Waals surface area contributed by atoms with Crippen molar-refractivity contribution in [2.45, 2.75) is 30.8 Å². The van der Waals surface area contributed by atoms with Crippen LogP contribution in [-0.2, 0) is 10.0 Å². The van der Waals surface area contributed by atoms with Crippen molar-refractivity contribution in [1.82, 2.24) is 9.62 Å². The van der Waals surface area contributed by atoms with Crippen LogP contribution in [0.5, 0.6) is 11.5 Å². The van der Waals surface area contributed by atoms with Crippen LogP contribution < -0.4 is 14.2 Å². The fraction of sp³-hybridized carbons (Fsp3) is 0.455. The normalized spacial score (nSPS) is 20.0. The van der Waals surface area contributed by atoms with E-state index in [0.29, 0.717) is 35.2 Å². The van der Waals surface area contributed by atoms with Gasteiger partial charge >= 0.3 is 0 Å². The molecule has 1 N–H and O–H groups in total. The minimum absolute atomic E-state index is 0.000215. The summed E-state index contributed by atoms with van der Waals surface area (Å²) in [6.45, 7) is 4.95. The lowest BCUT2D eigenvalue weighted by molar-refractivity contribution is 0.0481. The van der Waals surface area contributed by atoms with Gasteiger partial charge in [-0.05, 0) is 68.6 Å². The molecule has 1 fully saturated rings. The molecule has 2 aromatic rings. The van der Waals surface area contributed by atoms with E-state index in [2.05, 4.69) is 9.62 Å². The van der Waals surface area contributed by atoms with E-state index >= 15 is 0 Å². The Labute approximate surface area is 187 Å². The Balaban J connectivity index is 1.25. The predicted octanol–water partition coefficient (Wildman–Crippen LogP) is 3.62. The van der Waals surface area contributed by atoms with Gasteiger partial charge in [0.2, 0.25) is 10.0 Å². The smallest absolute Gasteiger partial charge is 0.240 e. The third kappa shape index (κ3) is 5.49. The standard InChI is InChI=1S/C22H26ClFN2O4S/c1-15-2-4-18(24)11-22(15)31(27,28)25-12-16-6-8-26(9-7-16)13-19-14-29-20-5-3-17(23)10-21(20)30-19/h2-5,10-11,16,19,25H,6-9,12-14H2,1H3/t19-/m0/s1. The number of nitrogens with one attached hydrogen (secondary N) is 1. The monoisotopic (exact) mass is 468 g/mol. The van der Waals surface area contributed by atoms with Crippen molar-refractivity contribution < 1.29 is 22.3 Å². The molecule has 0 aliphatic carbocycles. The second kappa shape index (κ2) is 9.32. The maximum Gasteiger partial charge on any atom is 0.240 e. The second-order valence-corrected chi connectivity index (χ2v) is 10.3. The molecule has 0 aromatic heterocycles. The molecule has 9 heteroatoms. The van der Waals surface area contributed by atoms with E-state index in [1.807, 2.05) is 6.07 Å². The van der Waals surface area contributed by atoms with Gasteiger partial charge in [0.15, 0.2) is 11.5 Å². The van der Waals surface area contributed by atoms with E-state index in [9.17, 15) is 12.8 Å². The fourth-order valence-corrected chi connectivity index (χ4v) is 5.54. The molecule has 0 bridgehead atoms. The van der Waals surface area contributed by atoms with E-state index in [1.165, 1.54) is 12.1 Å². The van der Waals surface area contributed by atoms with Gasteiger partial charge in [-0.25, -0.2) is 17.5 Å². The number of fused-ring (bicyclic) bond motifs is 1. The first-order valence-electron chi connectivity index (χ1n) is 10.4. The zero-order chi connectivity index (χ0) is 22.0. The summed E-state index contributed by atoms with van der Waals surface area (Å²) < 4.78 is 53.1. The molecular formula is C22H26ClFN2O4S. The summed E-state index contributed by atoms with van der Waals surface area (Å²) in [4.78, 5) is 2.31. The number of ether oxygens (including phenoxy) is 2. The molecule has 0 unspecified atom stereocenters. The van der Waals surface area contributed by atoms with Gasteiger partial charge in [0.25, 0.3) is 0 Å². The Morgan fingerprint density at radius 3 is 2.71 bits per heavy atom. The molecule has 0 amide bonds. The van der Waals surface area contributed by atoms with Crippen molar-refractivity contribution >= 4 is 21.6 Å². The Hall–Kier alpha value is -1.87. The molecule has 0 saturated carbocycles. The van der Waals surface area contributed by atoms with Crippen LogP contribution in [0.25, 0.3) is 0 Å². The third-order valence-corrected chi connectivity index (χ3v) is 7.60. The average molecular weight is 469 g/mol. The van der Waals surface area contributed by atoms with Gasteiger partial charge in [-0.3, -0.25) is 4.90 Å². The van der Waals surface area contributed by atoms with Crippen LogP contribution in [-0.4, -0.2) is 52.2 Å². The summed E-state index contributed by atoms with van der Waals surface area (Å²) in [7, 11) is -3.73. The van der Waals surface area contributed by atoms with Gasteiger partial charge in [-0.15, -0.1) is 0 Å².